The molecule has 0 saturated carbocycles. The Hall–Kier alpha value is -1.10. The van der Waals surface area contributed by atoms with Gasteiger partial charge in [-0.1, -0.05) is 32.4 Å². The minimum atomic E-state index is -0.618. The van der Waals surface area contributed by atoms with Gasteiger partial charge in [0, 0.05) is 6.61 Å². The van der Waals surface area contributed by atoms with E-state index in [-0.39, 0.29) is 6.61 Å². The van der Waals surface area contributed by atoms with Gasteiger partial charge in [-0.2, -0.15) is 0 Å². The molecule has 0 bridgehead atoms. The van der Waals surface area contributed by atoms with Crippen molar-refractivity contribution in [2.75, 3.05) is 19.8 Å². The molecule has 0 radical (unpaired) electrons. The largest absolute Gasteiger partial charge is 0.491 e. The molecule has 4 heteroatoms. The number of benzene rings is 1. The van der Waals surface area contributed by atoms with Crippen LogP contribution in [-0.2, 0) is 4.74 Å². The molecule has 2 atom stereocenters. The average Bonchev–Trinajstić information content (AvgIpc) is 2.49. The quantitative estimate of drug-likeness (QED) is 0.648. The summed E-state index contributed by atoms with van der Waals surface area (Å²) in [5.74, 6) is 0.685. The van der Waals surface area contributed by atoms with E-state index < -0.39 is 12.2 Å². The van der Waals surface area contributed by atoms with E-state index in [1.165, 1.54) is 0 Å². The van der Waals surface area contributed by atoms with Crippen LogP contribution in [0, 0.1) is 0 Å². The number of hydrogen-bond donors (Lipinski definition) is 2. The van der Waals surface area contributed by atoms with Gasteiger partial charge in [-0.25, -0.2) is 0 Å². The van der Waals surface area contributed by atoms with Crippen molar-refractivity contribution in [3.05, 3.63) is 29.8 Å². The zero-order valence-corrected chi connectivity index (χ0v) is 12.4. The van der Waals surface area contributed by atoms with Crippen molar-refractivity contribution in [1.82, 2.24) is 0 Å². The summed E-state index contributed by atoms with van der Waals surface area (Å²) in [6.07, 6.45) is 1.74. The lowest BCUT2D eigenvalue weighted by Gasteiger charge is -2.13. The van der Waals surface area contributed by atoms with Crippen molar-refractivity contribution >= 4 is 0 Å². The number of ether oxygens (including phenoxy) is 2. The minimum absolute atomic E-state index is 0.210. The second-order valence-corrected chi connectivity index (χ2v) is 4.89. The van der Waals surface area contributed by atoms with Crippen LogP contribution in [0.2, 0.25) is 0 Å². The Labute approximate surface area is 121 Å². The molecular formula is C16H26O4. The van der Waals surface area contributed by atoms with Crippen LogP contribution < -0.4 is 4.74 Å². The van der Waals surface area contributed by atoms with E-state index >= 15 is 0 Å². The molecule has 0 spiro atoms. The van der Waals surface area contributed by atoms with Crippen LogP contribution in [0.3, 0.4) is 0 Å². The van der Waals surface area contributed by atoms with E-state index in [0.29, 0.717) is 25.4 Å². The minimum Gasteiger partial charge on any atom is -0.491 e. The summed E-state index contributed by atoms with van der Waals surface area (Å²) in [7, 11) is 0. The topological polar surface area (TPSA) is 58.9 Å². The maximum absolute atomic E-state index is 9.70. The molecule has 4 nitrogen and oxygen atoms in total. The van der Waals surface area contributed by atoms with Crippen LogP contribution in [0.25, 0.3) is 0 Å². The van der Waals surface area contributed by atoms with Crippen LogP contribution in [-0.4, -0.2) is 36.1 Å². The Morgan fingerprint density at radius 2 is 1.75 bits per heavy atom. The van der Waals surface area contributed by atoms with Crippen molar-refractivity contribution in [3.63, 3.8) is 0 Å². The number of hydrogen-bond acceptors (Lipinski definition) is 4. The predicted molar refractivity (Wildman–Crippen MR) is 78.9 cm³/mol. The van der Waals surface area contributed by atoms with E-state index in [0.717, 1.165) is 18.4 Å². The second-order valence-electron chi connectivity index (χ2n) is 4.89. The summed E-state index contributed by atoms with van der Waals surface area (Å²) in [5, 5.41) is 19.4. The molecule has 0 aromatic heterocycles. The first kappa shape index (κ1) is 17.0. The summed E-state index contributed by atoms with van der Waals surface area (Å²) in [5.41, 5.74) is 0.878. The highest BCUT2D eigenvalue weighted by Crippen LogP contribution is 2.19. The first-order valence-electron chi connectivity index (χ1n) is 7.34. The maximum atomic E-state index is 9.70. The van der Waals surface area contributed by atoms with E-state index in [1.54, 1.807) is 12.1 Å². The van der Waals surface area contributed by atoms with Crippen LogP contribution in [0.5, 0.6) is 5.75 Å². The standard InChI is InChI=1S/C16H26O4/c1-3-5-10-19-11-14(17)12-20-15-8-6-13(7-9-15)16(18)4-2/h6-9,14,16-18H,3-5,10-12H2,1-2H3/t14?,16-/m1/s1. The van der Waals surface area contributed by atoms with Gasteiger partial charge in [0.2, 0.25) is 0 Å². The van der Waals surface area contributed by atoms with Gasteiger partial charge in [0.25, 0.3) is 0 Å². The lowest BCUT2D eigenvalue weighted by atomic mass is 10.1. The molecule has 2 N–H and O–H groups in total. The summed E-state index contributed by atoms with van der Waals surface area (Å²) in [4.78, 5) is 0. The Morgan fingerprint density at radius 3 is 2.35 bits per heavy atom. The van der Waals surface area contributed by atoms with Gasteiger partial charge < -0.3 is 19.7 Å². The summed E-state index contributed by atoms with van der Waals surface area (Å²) in [6, 6.07) is 7.29. The Balaban J connectivity index is 2.27. The molecule has 1 aromatic rings. The first-order valence-corrected chi connectivity index (χ1v) is 7.34. The molecule has 20 heavy (non-hydrogen) atoms. The van der Waals surface area contributed by atoms with E-state index in [1.807, 2.05) is 19.1 Å². The van der Waals surface area contributed by atoms with E-state index in [9.17, 15) is 10.2 Å². The zero-order valence-electron chi connectivity index (χ0n) is 12.4. The SMILES string of the molecule is CCCCOCC(O)COc1ccc([C@H](O)CC)cc1. The number of aliphatic hydroxyl groups excluding tert-OH is 2. The molecule has 0 amide bonds. The maximum Gasteiger partial charge on any atom is 0.119 e. The fourth-order valence-electron chi connectivity index (χ4n) is 1.73. The van der Waals surface area contributed by atoms with Crippen LogP contribution in [0.15, 0.2) is 24.3 Å². The van der Waals surface area contributed by atoms with Crippen molar-refractivity contribution in [2.45, 2.75) is 45.3 Å². The summed E-state index contributed by atoms with van der Waals surface area (Å²) in [6.45, 7) is 5.22. The smallest absolute Gasteiger partial charge is 0.119 e. The van der Waals surface area contributed by atoms with Gasteiger partial charge in [-0.05, 0) is 30.5 Å². The molecule has 0 saturated heterocycles. The van der Waals surface area contributed by atoms with Crippen molar-refractivity contribution < 1.29 is 19.7 Å². The highest BCUT2D eigenvalue weighted by atomic mass is 16.5. The van der Waals surface area contributed by atoms with E-state index in [4.69, 9.17) is 9.47 Å². The predicted octanol–water partition coefficient (Wildman–Crippen LogP) is 2.69. The third kappa shape index (κ3) is 6.37. The van der Waals surface area contributed by atoms with Gasteiger partial charge in [0.05, 0.1) is 12.7 Å². The number of aliphatic hydroxyl groups is 2. The molecule has 0 fully saturated rings. The van der Waals surface area contributed by atoms with Gasteiger partial charge in [-0.15, -0.1) is 0 Å². The van der Waals surface area contributed by atoms with Gasteiger partial charge in [0.15, 0.2) is 0 Å². The summed E-state index contributed by atoms with van der Waals surface area (Å²) < 4.78 is 10.8. The van der Waals surface area contributed by atoms with Gasteiger partial charge in [0.1, 0.15) is 18.5 Å². The molecule has 0 aliphatic rings. The van der Waals surface area contributed by atoms with Gasteiger partial charge >= 0.3 is 0 Å². The van der Waals surface area contributed by atoms with Gasteiger partial charge in [-0.3, -0.25) is 0 Å². The molecule has 1 aromatic carbocycles. The fraction of sp³-hybridized carbons (Fsp3) is 0.625. The average molecular weight is 282 g/mol. The fourth-order valence-corrected chi connectivity index (χ4v) is 1.73. The Kier molecular flexibility index (Phi) is 8.26. The lowest BCUT2D eigenvalue weighted by Crippen LogP contribution is -2.23. The molecule has 1 unspecified atom stereocenters. The second kappa shape index (κ2) is 9.75. The zero-order chi connectivity index (χ0) is 14.8. The lowest BCUT2D eigenvalue weighted by molar-refractivity contribution is 0.0113. The van der Waals surface area contributed by atoms with Crippen molar-refractivity contribution in [1.29, 1.82) is 0 Å². The molecule has 0 aliphatic carbocycles. The van der Waals surface area contributed by atoms with Crippen LogP contribution in [0.1, 0.15) is 44.8 Å². The number of rotatable bonds is 10. The molecule has 114 valence electrons. The van der Waals surface area contributed by atoms with E-state index in [2.05, 4.69) is 6.92 Å². The third-order valence-electron chi connectivity index (χ3n) is 3.05. The highest BCUT2D eigenvalue weighted by Gasteiger charge is 2.07. The molecule has 1 rings (SSSR count). The third-order valence-corrected chi connectivity index (χ3v) is 3.05. The molecule has 0 aliphatic heterocycles. The van der Waals surface area contributed by atoms with Crippen molar-refractivity contribution in [2.24, 2.45) is 0 Å². The molecule has 0 heterocycles. The normalized spacial score (nSPS) is 14.0. The van der Waals surface area contributed by atoms with Crippen LogP contribution in [0.4, 0.5) is 0 Å². The summed E-state index contributed by atoms with van der Waals surface area (Å²) >= 11 is 0. The van der Waals surface area contributed by atoms with Crippen molar-refractivity contribution in [3.8, 4) is 5.75 Å². The number of unbranched alkanes of at least 4 members (excludes halogenated alkanes) is 1. The highest BCUT2D eigenvalue weighted by molar-refractivity contribution is 5.28. The Morgan fingerprint density at radius 1 is 1.05 bits per heavy atom. The van der Waals surface area contributed by atoms with Crippen LogP contribution >= 0.6 is 0 Å². The first-order chi connectivity index (χ1) is 9.67. The molecular weight excluding hydrogens is 256 g/mol. The Bertz CT molecular complexity index is 350. The monoisotopic (exact) mass is 282 g/mol.